The van der Waals surface area contributed by atoms with Crippen LogP contribution in [0.2, 0.25) is 0 Å². The van der Waals surface area contributed by atoms with E-state index in [0.717, 1.165) is 17.7 Å². The Morgan fingerprint density at radius 3 is 2.56 bits per heavy atom. The van der Waals surface area contributed by atoms with Gasteiger partial charge in [0.2, 0.25) is 11.8 Å². The molecule has 2 aliphatic rings. The van der Waals surface area contributed by atoms with E-state index in [2.05, 4.69) is 5.32 Å². The molecule has 2 aliphatic heterocycles. The molecule has 9 nitrogen and oxygen atoms in total. The summed E-state index contributed by atoms with van der Waals surface area (Å²) >= 11 is 0. The van der Waals surface area contributed by atoms with Crippen LogP contribution in [0.25, 0.3) is 0 Å². The number of piperidine rings is 1. The fourth-order valence-corrected chi connectivity index (χ4v) is 4.54. The van der Waals surface area contributed by atoms with Crippen molar-refractivity contribution < 1.29 is 24.2 Å². The molecule has 0 aliphatic carbocycles. The van der Waals surface area contributed by atoms with Crippen LogP contribution >= 0.6 is 0 Å². The van der Waals surface area contributed by atoms with Crippen LogP contribution in [0.5, 0.6) is 0 Å². The fraction of sp³-hybridized carbons (Fsp3) is 0.391. The van der Waals surface area contributed by atoms with E-state index in [4.69, 9.17) is 9.84 Å². The van der Waals surface area contributed by atoms with Gasteiger partial charge in [0.05, 0.1) is 6.42 Å². The van der Waals surface area contributed by atoms with Crippen LogP contribution in [-0.2, 0) is 32.1 Å². The first kappa shape index (κ1) is 21.8. The van der Waals surface area contributed by atoms with Crippen LogP contribution in [0.1, 0.15) is 23.6 Å². The first-order chi connectivity index (χ1) is 15.4. The molecule has 3 heterocycles. The maximum absolute atomic E-state index is 13.0. The number of rotatable bonds is 7. The summed E-state index contributed by atoms with van der Waals surface area (Å²) in [6.45, 7) is 0.619. The highest BCUT2D eigenvalue weighted by atomic mass is 16.5. The number of fused-ring (bicyclic) bond motifs is 4. The number of carbonyl (C=O) groups is 3. The maximum atomic E-state index is 13.0. The second-order valence-corrected chi connectivity index (χ2v) is 8.28. The van der Waals surface area contributed by atoms with Crippen molar-refractivity contribution in [2.45, 2.75) is 25.3 Å². The van der Waals surface area contributed by atoms with E-state index < -0.39 is 12.6 Å². The Kier molecular flexibility index (Phi) is 6.36. The molecule has 0 saturated carbocycles. The van der Waals surface area contributed by atoms with Gasteiger partial charge >= 0.3 is 5.97 Å². The second-order valence-electron chi connectivity index (χ2n) is 8.28. The zero-order valence-corrected chi connectivity index (χ0v) is 17.5. The molecular weight excluding hydrogens is 414 g/mol. The minimum atomic E-state index is -1.12. The predicted molar refractivity (Wildman–Crippen MR) is 115 cm³/mol. The highest BCUT2D eigenvalue weighted by molar-refractivity contribution is 5.92. The van der Waals surface area contributed by atoms with Gasteiger partial charge in [-0.15, -0.1) is 0 Å². The molecule has 1 saturated heterocycles. The molecule has 2 N–H and O–H groups in total. The summed E-state index contributed by atoms with van der Waals surface area (Å²) in [4.78, 5) is 50.1. The topological polar surface area (TPSA) is 118 Å². The minimum absolute atomic E-state index is 0.00712. The van der Waals surface area contributed by atoms with Crippen LogP contribution in [0.3, 0.4) is 0 Å². The van der Waals surface area contributed by atoms with Crippen molar-refractivity contribution in [1.82, 2.24) is 9.47 Å². The highest BCUT2D eigenvalue weighted by Crippen LogP contribution is 2.35. The monoisotopic (exact) mass is 439 g/mol. The van der Waals surface area contributed by atoms with E-state index in [1.807, 2.05) is 36.4 Å². The van der Waals surface area contributed by atoms with Gasteiger partial charge in [0.15, 0.2) is 0 Å². The zero-order valence-electron chi connectivity index (χ0n) is 17.5. The van der Waals surface area contributed by atoms with Gasteiger partial charge in [-0.1, -0.05) is 30.3 Å². The van der Waals surface area contributed by atoms with Crippen molar-refractivity contribution in [3.63, 3.8) is 0 Å². The Hall–Kier alpha value is -3.46. The van der Waals surface area contributed by atoms with Crippen molar-refractivity contribution >= 4 is 23.5 Å². The molecular formula is C23H25N3O6. The number of anilines is 1. The number of ether oxygens (including phenoxy) is 1. The lowest BCUT2D eigenvalue weighted by Crippen LogP contribution is -2.50. The molecule has 2 atom stereocenters. The molecule has 0 spiro atoms. The molecule has 4 rings (SSSR count). The number of aliphatic carboxylic acids is 1. The van der Waals surface area contributed by atoms with Gasteiger partial charge in [0, 0.05) is 31.2 Å². The molecule has 2 unspecified atom stereocenters. The van der Waals surface area contributed by atoms with Crippen molar-refractivity contribution in [3.05, 3.63) is 64.1 Å². The maximum Gasteiger partial charge on any atom is 0.329 e. The van der Waals surface area contributed by atoms with E-state index >= 15 is 0 Å². The fourth-order valence-electron chi connectivity index (χ4n) is 4.54. The van der Waals surface area contributed by atoms with E-state index in [9.17, 15) is 19.2 Å². The molecule has 1 aromatic heterocycles. The van der Waals surface area contributed by atoms with E-state index in [-0.39, 0.29) is 47.9 Å². The average molecular weight is 439 g/mol. The van der Waals surface area contributed by atoms with Crippen LogP contribution in [0.15, 0.2) is 47.3 Å². The number of likely N-dealkylation sites (tertiary alicyclic amines) is 1. The van der Waals surface area contributed by atoms with Gasteiger partial charge < -0.3 is 24.6 Å². The Morgan fingerprint density at radius 1 is 1.03 bits per heavy atom. The number of hydrogen-bond acceptors (Lipinski definition) is 5. The second kappa shape index (κ2) is 9.35. The summed E-state index contributed by atoms with van der Waals surface area (Å²) < 4.78 is 6.64. The first-order valence-electron chi connectivity index (χ1n) is 10.6. The Morgan fingerprint density at radius 2 is 1.81 bits per heavy atom. The van der Waals surface area contributed by atoms with Gasteiger partial charge in [-0.25, -0.2) is 4.79 Å². The Bertz CT molecular complexity index is 1080. The molecule has 2 aromatic rings. The van der Waals surface area contributed by atoms with Crippen molar-refractivity contribution in [3.8, 4) is 0 Å². The molecule has 2 bridgehead atoms. The number of amides is 2. The van der Waals surface area contributed by atoms with E-state index in [1.54, 1.807) is 15.5 Å². The number of aromatic nitrogens is 1. The lowest BCUT2D eigenvalue weighted by Gasteiger charge is -2.42. The number of carbonyl (C=O) groups excluding carboxylic acids is 2. The zero-order chi connectivity index (χ0) is 22.7. The molecule has 0 radical (unpaired) electrons. The van der Waals surface area contributed by atoms with E-state index in [1.165, 1.54) is 0 Å². The number of pyridine rings is 1. The summed E-state index contributed by atoms with van der Waals surface area (Å²) in [6.07, 6.45) is 1.06. The van der Waals surface area contributed by atoms with Crippen molar-refractivity contribution in [2.75, 3.05) is 31.6 Å². The number of carboxylic acid groups (broad SMARTS) is 1. The summed E-state index contributed by atoms with van der Waals surface area (Å²) in [6, 6.07) is 12.8. The number of carboxylic acids is 1. The largest absolute Gasteiger partial charge is 0.480 e. The molecule has 32 heavy (non-hydrogen) atoms. The SMILES string of the molecule is O=C(O)COCC(=O)N1CC2CC(C1)c1ccc(NC(=O)Cc3ccccc3)c(=O)n1C2. The average Bonchev–Trinajstić information content (AvgIpc) is 2.76. The summed E-state index contributed by atoms with van der Waals surface area (Å²) in [5, 5.41) is 11.4. The van der Waals surface area contributed by atoms with Crippen molar-refractivity contribution in [2.24, 2.45) is 5.92 Å². The third kappa shape index (κ3) is 4.88. The number of benzene rings is 1. The van der Waals surface area contributed by atoms with Gasteiger partial charge in [-0.3, -0.25) is 14.4 Å². The van der Waals surface area contributed by atoms with Crippen LogP contribution in [0, 0.1) is 5.92 Å². The molecule has 2 amide bonds. The number of nitrogens with one attached hydrogen (secondary N) is 1. The van der Waals surface area contributed by atoms with Gasteiger partial charge in [-0.2, -0.15) is 0 Å². The van der Waals surface area contributed by atoms with Crippen LogP contribution < -0.4 is 10.9 Å². The molecule has 1 aromatic carbocycles. The minimum Gasteiger partial charge on any atom is -0.480 e. The van der Waals surface area contributed by atoms with E-state index in [0.29, 0.717) is 19.6 Å². The van der Waals surface area contributed by atoms with Gasteiger partial charge in [0.1, 0.15) is 18.9 Å². The molecule has 9 heteroatoms. The van der Waals surface area contributed by atoms with Crippen LogP contribution in [-0.4, -0.2) is 58.7 Å². The lowest BCUT2D eigenvalue weighted by atomic mass is 9.83. The number of hydrogen-bond donors (Lipinski definition) is 2. The van der Waals surface area contributed by atoms with Gasteiger partial charge in [0.25, 0.3) is 5.56 Å². The van der Waals surface area contributed by atoms with Crippen LogP contribution in [0.4, 0.5) is 5.69 Å². The quantitative estimate of drug-likeness (QED) is 0.667. The number of nitrogens with zero attached hydrogens (tertiary/aromatic N) is 2. The third-order valence-corrected chi connectivity index (χ3v) is 5.89. The normalized spacial score (nSPS) is 19.2. The lowest BCUT2D eigenvalue weighted by molar-refractivity contribution is -0.146. The summed E-state index contributed by atoms with van der Waals surface area (Å²) in [5.41, 5.74) is 1.73. The van der Waals surface area contributed by atoms with Crippen molar-refractivity contribution in [1.29, 1.82) is 0 Å². The molecule has 1 fully saturated rings. The summed E-state index contributed by atoms with van der Waals surface area (Å²) in [7, 11) is 0. The Labute approximate surface area is 184 Å². The first-order valence-corrected chi connectivity index (χ1v) is 10.6. The smallest absolute Gasteiger partial charge is 0.329 e. The standard InChI is InChI=1S/C23H25N3O6/c27-20(9-15-4-2-1-3-5-15)24-18-6-7-19-17-8-16(11-26(19)23(18)31)10-25(12-17)21(28)13-32-14-22(29)30/h1-7,16-17H,8-14H2,(H,24,27)(H,29,30). The predicted octanol–water partition coefficient (Wildman–Crippen LogP) is 1.08. The Balaban J connectivity index is 1.44. The highest BCUT2D eigenvalue weighted by Gasteiger charge is 2.36. The third-order valence-electron chi connectivity index (χ3n) is 5.89. The molecule has 168 valence electrons. The van der Waals surface area contributed by atoms with Gasteiger partial charge in [-0.05, 0) is 30.0 Å². The summed E-state index contributed by atoms with van der Waals surface area (Å²) in [5.74, 6) is -1.50.